The molecule has 0 amide bonds. The number of H-pyrrole nitrogens is 1. The van der Waals surface area contributed by atoms with Crippen LogP contribution in [0.2, 0.25) is 0 Å². The van der Waals surface area contributed by atoms with Crippen molar-refractivity contribution in [1.29, 1.82) is 0 Å². The molecule has 0 spiro atoms. The Morgan fingerprint density at radius 2 is 1.54 bits per heavy atom. The number of rotatable bonds is 14. The lowest BCUT2D eigenvalue weighted by molar-refractivity contribution is 0.290. The minimum absolute atomic E-state index is 0.194. The minimum Gasteiger partial charge on any atom is -0.491 e. The Hall–Kier alpha value is -4.19. The maximum absolute atomic E-state index is 14.9. The number of aromatic amines is 1. The van der Waals surface area contributed by atoms with Crippen LogP contribution < -0.4 is 10.3 Å². The fraction of sp³-hybridized carbons (Fsp3) is 0.314. The summed E-state index contributed by atoms with van der Waals surface area (Å²) in [6.07, 6.45) is 10.9. The molecule has 6 heteroatoms. The van der Waals surface area contributed by atoms with E-state index in [4.69, 9.17) is 9.72 Å². The first kappa shape index (κ1) is 28.3. The zero-order valence-electron chi connectivity index (χ0n) is 23.7. The van der Waals surface area contributed by atoms with Gasteiger partial charge in [0.05, 0.1) is 18.0 Å². The lowest BCUT2D eigenvalue weighted by Crippen LogP contribution is -2.18. The van der Waals surface area contributed by atoms with Gasteiger partial charge in [0.15, 0.2) is 17.4 Å². The van der Waals surface area contributed by atoms with E-state index in [9.17, 15) is 9.18 Å². The topological polar surface area (TPSA) is 59.9 Å². The van der Waals surface area contributed by atoms with Gasteiger partial charge in [-0.15, -0.1) is 0 Å². The number of ether oxygens (including phenoxy) is 1. The Labute approximate surface area is 241 Å². The summed E-state index contributed by atoms with van der Waals surface area (Å²) >= 11 is 0. The van der Waals surface area contributed by atoms with Crippen molar-refractivity contribution < 1.29 is 9.13 Å². The Bertz CT molecular complexity index is 1560. The zero-order chi connectivity index (χ0) is 28.4. The van der Waals surface area contributed by atoms with Gasteiger partial charge in [0.25, 0.3) is 5.56 Å². The van der Waals surface area contributed by atoms with E-state index in [1.54, 1.807) is 16.8 Å². The van der Waals surface area contributed by atoms with Crippen LogP contribution in [-0.4, -0.2) is 21.1 Å². The molecule has 3 aromatic rings. The summed E-state index contributed by atoms with van der Waals surface area (Å²) in [5, 5.41) is 0. The van der Waals surface area contributed by atoms with Crippen LogP contribution in [0, 0.1) is 5.82 Å². The maximum Gasteiger partial charge on any atom is 0.278 e. The van der Waals surface area contributed by atoms with Gasteiger partial charge in [-0.1, -0.05) is 112 Å². The molecule has 0 fully saturated rings. The van der Waals surface area contributed by atoms with Crippen molar-refractivity contribution in [2.75, 3.05) is 6.61 Å². The smallest absolute Gasteiger partial charge is 0.278 e. The first-order valence-electron chi connectivity index (χ1n) is 14.8. The van der Waals surface area contributed by atoms with Crippen LogP contribution >= 0.6 is 0 Å². The van der Waals surface area contributed by atoms with Crippen LogP contribution in [0.4, 0.5) is 4.39 Å². The molecule has 1 N–H and O–H groups in total. The molecular weight excluding hydrogens is 513 g/mol. The number of nitrogens with one attached hydrogen (secondary N) is 1. The summed E-state index contributed by atoms with van der Waals surface area (Å²) in [6, 6.07) is 25.0. The van der Waals surface area contributed by atoms with Crippen molar-refractivity contribution in [1.82, 2.24) is 14.5 Å². The molecule has 0 bridgehead atoms. The molecule has 2 heterocycles. The average molecular weight is 552 g/mol. The lowest BCUT2D eigenvalue weighted by Gasteiger charge is -2.13. The summed E-state index contributed by atoms with van der Waals surface area (Å²) in [7, 11) is 0. The van der Waals surface area contributed by atoms with E-state index >= 15 is 0 Å². The summed E-state index contributed by atoms with van der Waals surface area (Å²) in [5.41, 5.74) is 4.65. The predicted molar refractivity (Wildman–Crippen MR) is 163 cm³/mol. The van der Waals surface area contributed by atoms with Gasteiger partial charge >= 0.3 is 0 Å². The van der Waals surface area contributed by atoms with Gasteiger partial charge in [-0.05, 0) is 35.2 Å². The van der Waals surface area contributed by atoms with Crippen molar-refractivity contribution >= 4 is 0 Å². The molecule has 2 aliphatic rings. The van der Waals surface area contributed by atoms with Gasteiger partial charge in [-0.25, -0.2) is 9.37 Å². The third-order valence-electron chi connectivity index (χ3n) is 7.43. The molecule has 0 saturated heterocycles. The highest BCUT2D eigenvalue weighted by Crippen LogP contribution is 2.25. The van der Waals surface area contributed by atoms with Crippen LogP contribution in [0.3, 0.4) is 0 Å². The maximum atomic E-state index is 14.9. The molecule has 0 unspecified atom stereocenters. The van der Waals surface area contributed by atoms with Gasteiger partial charge in [0.2, 0.25) is 0 Å². The van der Waals surface area contributed by atoms with Gasteiger partial charge in [-0.3, -0.25) is 9.36 Å². The largest absolute Gasteiger partial charge is 0.491 e. The quantitative estimate of drug-likeness (QED) is 0.142. The van der Waals surface area contributed by atoms with E-state index in [2.05, 4.69) is 24.0 Å². The molecule has 2 aliphatic heterocycles. The van der Waals surface area contributed by atoms with E-state index in [0.29, 0.717) is 30.1 Å². The van der Waals surface area contributed by atoms with Crippen LogP contribution in [0.1, 0.15) is 74.4 Å². The molecule has 212 valence electrons. The first-order chi connectivity index (χ1) is 20.1. The first-order valence-corrected chi connectivity index (χ1v) is 14.8. The number of aromatic nitrogens is 3. The van der Waals surface area contributed by atoms with Gasteiger partial charge < -0.3 is 9.72 Å². The van der Waals surface area contributed by atoms with Crippen molar-refractivity contribution in [3.63, 3.8) is 0 Å². The summed E-state index contributed by atoms with van der Waals surface area (Å²) < 4.78 is 22.2. The normalized spacial score (nSPS) is 11.3. The van der Waals surface area contributed by atoms with Crippen molar-refractivity contribution in [3.8, 4) is 22.8 Å². The Morgan fingerprint density at radius 1 is 0.829 bits per heavy atom. The van der Waals surface area contributed by atoms with E-state index in [-0.39, 0.29) is 17.7 Å². The third kappa shape index (κ3) is 7.31. The van der Waals surface area contributed by atoms with Crippen LogP contribution in [-0.2, 0) is 12.8 Å². The fourth-order valence-corrected chi connectivity index (χ4v) is 5.19. The highest BCUT2D eigenvalue weighted by Gasteiger charge is 2.21. The lowest BCUT2D eigenvalue weighted by atomic mass is 10.1. The standard InChI is InChI=1S/C35H38FN3O2/c1-2-3-4-5-6-7-14-21-41-33-20-19-27(22-29(33)36)24-31-35(40)39-25-32(28-17-12-9-13-18-28)37-30(34(39)38-31)23-26-15-10-8-11-16-26/h8-13,15-20,22,25,37H,2-7,14,21,23-24H2,1H3. The number of halogens is 1. The summed E-state index contributed by atoms with van der Waals surface area (Å²) in [4.78, 5) is 21.8. The zero-order valence-corrected chi connectivity index (χ0v) is 23.7. The monoisotopic (exact) mass is 551 g/mol. The molecule has 5 nitrogen and oxygen atoms in total. The Balaban J connectivity index is 1.33. The Kier molecular flexibility index (Phi) is 9.63. The van der Waals surface area contributed by atoms with Crippen LogP contribution in [0.15, 0.2) is 89.9 Å². The number of nitrogens with zero attached hydrogens (tertiary/aromatic N) is 2. The highest BCUT2D eigenvalue weighted by atomic mass is 19.1. The van der Waals surface area contributed by atoms with Crippen LogP contribution in [0.25, 0.3) is 17.1 Å². The molecule has 0 atom stereocenters. The van der Waals surface area contributed by atoms with E-state index in [1.165, 1.54) is 38.2 Å². The third-order valence-corrected chi connectivity index (χ3v) is 7.43. The van der Waals surface area contributed by atoms with Gasteiger partial charge in [-0.2, -0.15) is 0 Å². The summed E-state index contributed by atoms with van der Waals surface area (Å²) in [5.74, 6) is 0.430. The number of hydrogen-bond acceptors (Lipinski definition) is 3. The van der Waals surface area contributed by atoms with Crippen molar-refractivity contribution in [2.45, 2.75) is 64.7 Å². The number of hydrogen-bond donors (Lipinski definition) is 1. The van der Waals surface area contributed by atoms with Gasteiger partial charge in [0.1, 0.15) is 5.69 Å². The molecule has 5 rings (SSSR count). The number of benzene rings is 3. The molecular formula is C35H38FN3O2. The number of unbranched alkanes of at least 4 members (excludes halogenated alkanes) is 6. The number of imidazole rings is 1. The van der Waals surface area contributed by atoms with E-state index < -0.39 is 5.82 Å². The number of fused-ring (bicyclic) bond motifs is 1. The average Bonchev–Trinajstić information content (AvgIpc) is 3.31. The fourth-order valence-electron chi connectivity index (χ4n) is 5.19. The second-order valence-corrected chi connectivity index (χ2v) is 10.6. The molecule has 41 heavy (non-hydrogen) atoms. The summed E-state index contributed by atoms with van der Waals surface area (Å²) in [6.45, 7) is 2.72. The second kappa shape index (κ2) is 13.9. The highest BCUT2D eigenvalue weighted by molar-refractivity contribution is 5.60. The van der Waals surface area contributed by atoms with E-state index in [0.717, 1.165) is 35.4 Å². The molecule has 0 radical (unpaired) electrons. The molecule has 0 aromatic heterocycles. The SMILES string of the molecule is CCCCCCCCCOc1ccc(Cc2nc3c(Cc4ccccc4)[nH]c(-c4ccccc4)cn-3c2=O)cc1F. The second-order valence-electron chi connectivity index (χ2n) is 10.6. The van der Waals surface area contributed by atoms with Gasteiger partial charge in [0, 0.05) is 19.0 Å². The molecule has 3 aromatic carbocycles. The minimum atomic E-state index is -0.411. The molecule has 0 saturated carbocycles. The molecule has 0 aliphatic carbocycles. The van der Waals surface area contributed by atoms with Crippen LogP contribution in [0.5, 0.6) is 5.75 Å². The van der Waals surface area contributed by atoms with Crippen molar-refractivity contribution in [3.05, 3.63) is 124 Å². The predicted octanol–water partition coefficient (Wildman–Crippen LogP) is 8.12. The Morgan fingerprint density at radius 3 is 2.27 bits per heavy atom. The van der Waals surface area contributed by atoms with E-state index in [1.807, 2.05) is 54.6 Å². The van der Waals surface area contributed by atoms with Crippen molar-refractivity contribution in [2.24, 2.45) is 0 Å².